The van der Waals surface area contributed by atoms with Crippen molar-refractivity contribution >= 4 is 5.91 Å². The fraction of sp³-hybridized carbons (Fsp3) is 0.632. The quantitative estimate of drug-likeness (QED) is 0.774. The molecule has 0 aromatic heterocycles. The van der Waals surface area contributed by atoms with Crippen molar-refractivity contribution in [2.24, 2.45) is 23.7 Å². The Labute approximate surface area is 137 Å². The highest BCUT2D eigenvalue weighted by Gasteiger charge is 2.53. The van der Waals surface area contributed by atoms with Crippen molar-refractivity contribution in [2.45, 2.75) is 31.3 Å². The summed E-state index contributed by atoms with van der Waals surface area (Å²) in [5, 5.41) is 17.8. The topological polar surface area (TPSA) is 61.4 Å². The minimum Gasteiger partial charge on any atom is -0.375 e. The number of benzene rings is 1. The van der Waals surface area contributed by atoms with Gasteiger partial charge in [-0.05, 0) is 49.2 Å². The summed E-state index contributed by atoms with van der Waals surface area (Å²) in [5.41, 5.74) is -0.637. The van der Waals surface area contributed by atoms with E-state index in [0.29, 0.717) is 12.5 Å². The van der Waals surface area contributed by atoms with Gasteiger partial charge in [-0.15, -0.1) is 0 Å². The Morgan fingerprint density at radius 3 is 2.48 bits per heavy atom. The van der Waals surface area contributed by atoms with Gasteiger partial charge in [0.1, 0.15) is 0 Å². The van der Waals surface area contributed by atoms with Crippen LogP contribution in [0.5, 0.6) is 0 Å². The Bertz CT molecular complexity index is 560. The molecule has 3 fully saturated rings. The molecule has 4 heteroatoms. The van der Waals surface area contributed by atoms with Crippen molar-refractivity contribution in [1.82, 2.24) is 10.6 Å². The maximum Gasteiger partial charge on any atom is 0.256 e. The molecular weight excluding hydrogens is 288 g/mol. The number of piperidine rings is 1. The molecule has 4 nitrogen and oxygen atoms in total. The van der Waals surface area contributed by atoms with Crippen LogP contribution in [0.15, 0.2) is 30.3 Å². The first kappa shape index (κ1) is 15.2. The number of aliphatic hydroxyl groups is 1. The Kier molecular flexibility index (Phi) is 3.90. The Hall–Kier alpha value is -1.39. The summed E-state index contributed by atoms with van der Waals surface area (Å²) in [6, 6.07) is 9.50. The molecule has 3 N–H and O–H groups in total. The lowest BCUT2D eigenvalue weighted by molar-refractivity contribution is -0.147. The zero-order valence-corrected chi connectivity index (χ0v) is 13.5. The number of hydrogen-bond donors (Lipinski definition) is 3. The summed E-state index contributed by atoms with van der Waals surface area (Å²) >= 11 is 0. The minimum atomic E-state index is -1.37. The lowest BCUT2D eigenvalue weighted by atomic mass is 9.79. The second-order valence-corrected chi connectivity index (χ2v) is 7.47. The van der Waals surface area contributed by atoms with E-state index >= 15 is 0 Å². The van der Waals surface area contributed by atoms with Gasteiger partial charge in [-0.1, -0.05) is 43.2 Å². The molecular formula is C19H26N2O2. The molecule has 0 bridgehead atoms. The largest absolute Gasteiger partial charge is 0.375 e. The van der Waals surface area contributed by atoms with E-state index in [1.807, 2.05) is 30.3 Å². The van der Waals surface area contributed by atoms with Gasteiger partial charge >= 0.3 is 0 Å². The highest BCUT2D eigenvalue weighted by molar-refractivity contribution is 5.86. The van der Waals surface area contributed by atoms with Crippen LogP contribution < -0.4 is 10.6 Å². The molecule has 1 aliphatic heterocycles. The van der Waals surface area contributed by atoms with Crippen LogP contribution in [0, 0.1) is 23.7 Å². The molecule has 1 unspecified atom stereocenters. The second-order valence-electron chi connectivity index (χ2n) is 7.47. The Balaban J connectivity index is 1.49. The van der Waals surface area contributed by atoms with E-state index in [1.54, 1.807) is 0 Å². The molecule has 4 atom stereocenters. The van der Waals surface area contributed by atoms with Crippen LogP contribution in [-0.2, 0) is 10.4 Å². The van der Waals surface area contributed by atoms with E-state index in [1.165, 1.54) is 0 Å². The molecule has 0 spiro atoms. The Morgan fingerprint density at radius 1 is 1.17 bits per heavy atom. The number of carbonyl (C=O) groups excluding carboxylic acids is 1. The van der Waals surface area contributed by atoms with Crippen molar-refractivity contribution in [3.8, 4) is 0 Å². The molecule has 1 heterocycles. The number of rotatable bonds is 5. The molecule has 23 heavy (non-hydrogen) atoms. The monoisotopic (exact) mass is 314 g/mol. The van der Waals surface area contributed by atoms with Gasteiger partial charge in [0.25, 0.3) is 5.91 Å². The first-order valence-corrected chi connectivity index (χ1v) is 8.98. The fourth-order valence-electron chi connectivity index (χ4n) is 4.78. The van der Waals surface area contributed by atoms with Crippen LogP contribution in [0.25, 0.3) is 0 Å². The van der Waals surface area contributed by atoms with Crippen LogP contribution in [0.1, 0.15) is 31.2 Å². The second kappa shape index (κ2) is 5.91. The molecule has 1 aromatic carbocycles. The lowest BCUT2D eigenvalue weighted by Crippen LogP contribution is -2.49. The Morgan fingerprint density at radius 2 is 1.83 bits per heavy atom. The summed E-state index contributed by atoms with van der Waals surface area (Å²) in [5.74, 6) is 1.89. The van der Waals surface area contributed by atoms with E-state index < -0.39 is 5.60 Å². The standard InChI is InChI=1S/C19H26N2O2/c22-18(21-12-17-15-10-20-11-16(15)17)19(23,14-8-4-5-9-14)13-6-2-1-3-7-13/h1-3,6-7,14-17,20,23H,4-5,8-12H2,(H,21,22)/t15-,16+,17?,19-/m1/s1. The number of nitrogens with one attached hydrogen (secondary N) is 2. The van der Waals surface area contributed by atoms with Crippen molar-refractivity contribution in [3.05, 3.63) is 35.9 Å². The molecule has 1 aromatic rings. The smallest absolute Gasteiger partial charge is 0.256 e. The van der Waals surface area contributed by atoms with Gasteiger partial charge in [0, 0.05) is 12.5 Å². The van der Waals surface area contributed by atoms with Crippen molar-refractivity contribution in [1.29, 1.82) is 0 Å². The van der Waals surface area contributed by atoms with Crippen LogP contribution in [0.4, 0.5) is 0 Å². The van der Waals surface area contributed by atoms with Crippen LogP contribution >= 0.6 is 0 Å². The third-order valence-electron chi connectivity index (χ3n) is 6.27. The molecule has 3 aliphatic rings. The molecule has 4 rings (SSSR count). The summed E-state index contributed by atoms with van der Waals surface area (Å²) in [7, 11) is 0. The van der Waals surface area contributed by atoms with E-state index in [0.717, 1.165) is 56.2 Å². The highest BCUT2D eigenvalue weighted by atomic mass is 16.3. The van der Waals surface area contributed by atoms with Crippen LogP contribution in [0.3, 0.4) is 0 Å². The van der Waals surface area contributed by atoms with Gasteiger partial charge in [-0.25, -0.2) is 0 Å². The van der Waals surface area contributed by atoms with Crippen LogP contribution in [-0.4, -0.2) is 30.6 Å². The van der Waals surface area contributed by atoms with Crippen molar-refractivity contribution < 1.29 is 9.90 Å². The van der Waals surface area contributed by atoms with Gasteiger partial charge in [0.05, 0.1) is 0 Å². The summed E-state index contributed by atoms with van der Waals surface area (Å²) in [6.45, 7) is 2.87. The normalized spacial score (nSPS) is 32.3. The first-order chi connectivity index (χ1) is 11.2. The third-order valence-corrected chi connectivity index (χ3v) is 6.27. The zero-order chi connectivity index (χ0) is 15.9. The average molecular weight is 314 g/mol. The molecule has 2 saturated carbocycles. The molecule has 1 saturated heterocycles. The predicted molar refractivity (Wildman–Crippen MR) is 88.6 cm³/mol. The SMILES string of the molecule is O=C(NCC1[C@H]2CNC[C@@H]12)[C@@](O)(c1ccccc1)C1CCCC1. The van der Waals surface area contributed by atoms with Gasteiger partial charge in [0.2, 0.25) is 0 Å². The number of amides is 1. The van der Waals surface area contributed by atoms with E-state index in [9.17, 15) is 9.90 Å². The first-order valence-electron chi connectivity index (χ1n) is 8.98. The number of hydrogen-bond acceptors (Lipinski definition) is 3. The van der Waals surface area contributed by atoms with Crippen molar-refractivity contribution in [2.75, 3.05) is 19.6 Å². The van der Waals surface area contributed by atoms with Gasteiger partial charge < -0.3 is 15.7 Å². The van der Waals surface area contributed by atoms with E-state index in [2.05, 4.69) is 10.6 Å². The molecule has 2 aliphatic carbocycles. The maximum atomic E-state index is 12.9. The van der Waals surface area contributed by atoms with Gasteiger partial charge in [-0.2, -0.15) is 0 Å². The summed E-state index contributed by atoms with van der Waals surface area (Å²) in [6.07, 6.45) is 4.06. The minimum absolute atomic E-state index is 0.0327. The van der Waals surface area contributed by atoms with E-state index in [-0.39, 0.29) is 11.8 Å². The number of carbonyl (C=O) groups is 1. The van der Waals surface area contributed by atoms with Crippen molar-refractivity contribution in [3.63, 3.8) is 0 Å². The van der Waals surface area contributed by atoms with E-state index in [4.69, 9.17) is 0 Å². The van der Waals surface area contributed by atoms with Gasteiger partial charge in [-0.3, -0.25) is 4.79 Å². The number of fused-ring (bicyclic) bond motifs is 1. The highest BCUT2D eigenvalue weighted by Crippen LogP contribution is 2.48. The predicted octanol–water partition coefficient (Wildman–Crippen LogP) is 1.65. The maximum absolute atomic E-state index is 12.9. The molecule has 124 valence electrons. The average Bonchev–Trinajstić information content (AvgIpc) is 3.02. The molecule has 1 amide bonds. The third kappa shape index (κ3) is 2.58. The van der Waals surface area contributed by atoms with Crippen LogP contribution in [0.2, 0.25) is 0 Å². The lowest BCUT2D eigenvalue weighted by Gasteiger charge is -2.33. The molecule has 0 radical (unpaired) electrons. The van der Waals surface area contributed by atoms with Gasteiger partial charge in [0.15, 0.2) is 5.60 Å². The fourth-order valence-corrected chi connectivity index (χ4v) is 4.78. The zero-order valence-electron chi connectivity index (χ0n) is 13.5. The summed E-state index contributed by atoms with van der Waals surface area (Å²) < 4.78 is 0. The summed E-state index contributed by atoms with van der Waals surface area (Å²) in [4.78, 5) is 12.9.